The van der Waals surface area contributed by atoms with Crippen LogP contribution in [0.15, 0.2) is 12.1 Å². The number of methoxy groups -OCH3 is 2. The molecule has 0 amide bonds. The SMILES string of the molecule is COc1ccc(OC)c2c1C1C[C@@H]2C2C1C1(C)C3C([C@@H]4C[C@H]3[C@@H](O)[C@H]4O)C21C. The van der Waals surface area contributed by atoms with Crippen LogP contribution < -0.4 is 9.47 Å². The van der Waals surface area contributed by atoms with Gasteiger partial charge in [-0.1, -0.05) is 13.8 Å². The fourth-order valence-electron chi connectivity index (χ4n) is 10.6. The van der Waals surface area contributed by atoms with Gasteiger partial charge in [0.25, 0.3) is 0 Å². The second-order valence-corrected chi connectivity index (χ2v) is 11.0. The van der Waals surface area contributed by atoms with Crippen LogP contribution in [-0.4, -0.2) is 36.6 Å². The van der Waals surface area contributed by atoms with Crippen molar-refractivity contribution in [1.82, 2.24) is 0 Å². The van der Waals surface area contributed by atoms with Crippen LogP contribution in [0.5, 0.6) is 11.5 Å². The molecule has 4 bridgehead atoms. The summed E-state index contributed by atoms with van der Waals surface area (Å²) in [5, 5.41) is 21.3. The summed E-state index contributed by atoms with van der Waals surface area (Å²) >= 11 is 0. The molecule has 7 rings (SSSR count). The molecule has 0 heterocycles. The van der Waals surface area contributed by atoms with Crippen LogP contribution in [0.1, 0.15) is 49.7 Å². The molecule has 5 fully saturated rings. The van der Waals surface area contributed by atoms with E-state index in [1.54, 1.807) is 14.2 Å². The van der Waals surface area contributed by atoms with Crippen molar-refractivity contribution in [2.24, 2.45) is 46.3 Å². The van der Waals surface area contributed by atoms with Crippen molar-refractivity contribution in [3.05, 3.63) is 23.3 Å². The minimum Gasteiger partial charge on any atom is -0.496 e. The topological polar surface area (TPSA) is 58.9 Å². The van der Waals surface area contributed by atoms with Gasteiger partial charge < -0.3 is 19.7 Å². The molecule has 4 nitrogen and oxygen atoms in total. The fraction of sp³-hybridized carbons (Fsp3) is 0.750. The zero-order valence-electron chi connectivity index (χ0n) is 17.1. The average Bonchev–Trinajstić information content (AvgIpc) is 3.44. The van der Waals surface area contributed by atoms with E-state index in [0.29, 0.717) is 47.3 Å². The molecule has 5 saturated carbocycles. The molecule has 0 saturated heterocycles. The summed E-state index contributed by atoms with van der Waals surface area (Å²) < 4.78 is 11.6. The molecule has 0 radical (unpaired) electrons. The second-order valence-electron chi connectivity index (χ2n) is 11.0. The Kier molecular flexibility index (Phi) is 2.70. The third-order valence-electron chi connectivity index (χ3n) is 11.2. The number of fused-ring (bicyclic) bond motifs is 18. The number of aliphatic hydroxyl groups is 2. The fourth-order valence-corrected chi connectivity index (χ4v) is 10.6. The van der Waals surface area contributed by atoms with E-state index in [1.165, 1.54) is 17.5 Å². The van der Waals surface area contributed by atoms with Crippen molar-refractivity contribution in [2.45, 2.75) is 50.7 Å². The van der Waals surface area contributed by atoms with Crippen LogP contribution >= 0.6 is 0 Å². The molecule has 0 aromatic heterocycles. The highest BCUT2D eigenvalue weighted by Gasteiger charge is 2.90. The average molecular weight is 383 g/mol. The van der Waals surface area contributed by atoms with Gasteiger partial charge in [-0.05, 0) is 83.1 Å². The van der Waals surface area contributed by atoms with Crippen LogP contribution in [0.3, 0.4) is 0 Å². The first-order valence-corrected chi connectivity index (χ1v) is 11.0. The Balaban J connectivity index is 1.38. The van der Waals surface area contributed by atoms with E-state index in [-0.39, 0.29) is 10.8 Å². The minimum atomic E-state index is -0.507. The highest BCUT2D eigenvalue weighted by atomic mass is 16.5. The van der Waals surface area contributed by atoms with Gasteiger partial charge in [0.05, 0.1) is 26.4 Å². The van der Waals surface area contributed by atoms with Crippen LogP contribution in [0, 0.1) is 46.3 Å². The van der Waals surface area contributed by atoms with Gasteiger partial charge in [0.1, 0.15) is 11.5 Å². The quantitative estimate of drug-likeness (QED) is 0.772. The lowest BCUT2D eigenvalue weighted by Gasteiger charge is -2.84. The number of benzene rings is 1. The first-order chi connectivity index (χ1) is 13.4. The van der Waals surface area contributed by atoms with Gasteiger partial charge in [-0.2, -0.15) is 0 Å². The molecule has 0 aliphatic heterocycles. The molecular weight excluding hydrogens is 352 g/mol. The van der Waals surface area contributed by atoms with Crippen molar-refractivity contribution in [3.63, 3.8) is 0 Å². The van der Waals surface area contributed by atoms with E-state index in [4.69, 9.17) is 9.47 Å². The van der Waals surface area contributed by atoms with Crippen molar-refractivity contribution in [2.75, 3.05) is 14.2 Å². The molecule has 1 aromatic carbocycles. The molecule has 7 unspecified atom stereocenters. The van der Waals surface area contributed by atoms with Gasteiger partial charge in [0.2, 0.25) is 0 Å². The van der Waals surface area contributed by atoms with Crippen LogP contribution in [0.25, 0.3) is 0 Å². The maximum absolute atomic E-state index is 10.6. The molecule has 2 N–H and O–H groups in total. The van der Waals surface area contributed by atoms with Gasteiger partial charge in [-0.15, -0.1) is 0 Å². The lowest BCUT2D eigenvalue weighted by Crippen LogP contribution is -2.81. The molecule has 150 valence electrons. The molecule has 28 heavy (non-hydrogen) atoms. The lowest BCUT2D eigenvalue weighted by molar-refractivity contribution is -0.374. The minimum absolute atomic E-state index is 0.286. The first-order valence-electron chi connectivity index (χ1n) is 11.0. The van der Waals surface area contributed by atoms with E-state index in [9.17, 15) is 10.2 Å². The monoisotopic (exact) mass is 382 g/mol. The number of aliphatic hydroxyl groups excluding tert-OH is 2. The van der Waals surface area contributed by atoms with Crippen molar-refractivity contribution in [1.29, 1.82) is 0 Å². The Hall–Kier alpha value is -1.26. The highest BCUT2D eigenvalue weighted by molar-refractivity contribution is 5.61. The molecule has 6 aliphatic carbocycles. The molecule has 0 spiro atoms. The van der Waals surface area contributed by atoms with Crippen molar-refractivity contribution in [3.8, 4) is 11.5 Å². The third-order valence-corrected chi connectivity index (χ3v) is 11.2. The van der Waals surface area contributed by atoms with E-state index in [2.05, 4.69) is 26.0 Å². The van der Waals surface area contributed by atoms with Gasteiger partial charge in [0, 0.05) is 11.1 Å². The maximum Gasteiger partial charge on any atom is 0.122 e. The zero-order valence-corrected chi connectivity index (χ0v) is 17.1. The Morgan fingerprint density at radius 1 is 0.750 bits per heavy atom. The van der Waals surface area contributed by atoms with Crippen LogP contribution in [0.2, 0.25) is 0 Å². The van der Waals surface area contributed by atoms with E-state index in [0.717, 1.165) is 17.9 Å². The van der Waals surface area contributed by atoms with Crippen molar-refractivity contribution >= 4 is 0 Å². The first kappa shape index (κ1) is 16.5. The highest BCUT2D eigenvalue weighted by Crippen LogP contribution is 2.94. The molecule has 4 heteroatoms. The summed E-state index contributed by atoms with van der Waals surface area (Å²) in [6, 6.07) is 4.16. The second kappa shape index (κ2) is 4.57. The normalized spacial score (nSPS) is 58.4. The predicted octanol–water partition coefficient (Wildman–Crippen LogP) is 3.16. The molecule has 12 atom stereocenters. The third kappa shape index (κ3) is 1.27. The van der Waals surface area contributed by atoms with Gasteiger partial charge in [-0.3, -0.25) is 0 Å². The summed E-state index contributed by atoms with van der Waals surface area (Å²) in [7, 11) is 3.57. The maximum atomic E-state index is 10.6. The van der Waals surface area contributed by atoms with E-state index < -0.39 is 12.2 Å². The standard InChI is InChI=1S/C24H30O4/c1-23-17-9-7-10(16-14(28-4)6-5-13(27-3)15(9)16)18(17)24(23,2)20-12-8-11(19(20)23)21(25)22(12)26/h5-6,9-12,17-22,25-26H,7-8H2,1-4H3/t9-,10?,11-,12+,17?,18?,19?,20?,21-,22+,23?,24?/m0/s1. The van der Waals surface area contributed by atoms with Gasteiger partial charge in [-0.25, -0.2) is 0 Å². The smallest absolute Gasteiger partial charge is 0.122 e. The Morgan fingerprint density at radius 3 is 1.57 bits per heavy atom. The number of hydrogen-bond donors (Lipinski definition) is 2. The van der Waals surface area contributed by atoms with Crippen molar-refractivity contribution < 1.29 is 19.7 Å². The number of hydrogen-bond acceptors (Lipinski definition) is 4. The summed E-state index contributed by atoms with van der Waals surface area (Å²) in [5.74, 6) is 6.29. The summed E-state index contributed by atoms with van der Waals surface area (Å²) in [5.41, 5.74) is 3.38. The summed E-state index contributed by atoms with van der Waals surface area (Å²) in [4.78, 5) is 0. The Morgan fingerprint density at radius 2 is 1.18 bits per heavy atom. The molecular formula is C24H30O4. The number of rotatable bonds is 2. The largest absolute Gasteiger partial charge is 0.496 e. The number of ether oxygens (including phenoxy) is 2. The van der Waals surface area contributed by atoms with Crippen LogP contribution in [-0.2, 0) is 0 Å². The Bertz CT molecular complexity index is 841. The van der Waals surface area contributed by atoms with Crippen LogP contribution in [0.4, 0.5) is 0 Å². The zero-order chi connectivity index (χ0) is 19.3. The molecule has 1 aromatic rings. The Labute approximate surface area is 166 Å². The summed E-state index contributed by atoms with van der Waals surface area (Å²) in [6.45, 7) is 5.03. The summed E-state index contributed by atoms with van der Waals surface area (Å²) in [6.07, 6.45) is 1.23. The molecule has 6 aliphatic rings. The van der Waals surface area contributed by atoms with Gasteiger partial charge in [0.15, 0.2) is 0 Å². The predicted molar refractivity (Wildman–Crippen MR) is 103 cm³/mol. The van der Waals surface area contributed by atoms with Gasteiger partial charge >= 0.3 is 0 Å². The van der Waals surface area contributed by atoms with E-state index in [1.807, 2.05) is 0 Å². The lowest BCUT2D eigenvalue weighted by atomic mass is 9.20. The van der Waals surface area contributed by atoms with E-state index >= 15 is 0 Å².